The van der Waals surface area contributed by atoms with Gasteiger partial charge < -0.3 is 8.98 Å². The molecule has 3 aromatic rings. The smallest absolute Gasteiger partial charge is 0.283 e. The average molecular weight is 285 g/mol. The van der Waals surface area contributed by atoms with Gasteiger partial charge in [0.15, 0.2) is 0 Å². The molecule has 20 heavy (non-hydrogen) atoms. The topological polar surface area (TPSA) is 59.5 Å². The number of amides is 1. The normalized spacial score (nSPS) is 11.0. The minimum Gasteiger partial charge on any atom is -0.463 e. The van der Waals surface area contributed by atoms with Crippen LogP contribution in [-0.4, -0.2) is 16.7 Å². The van der Waals surface area contributed by atoms with Gasteiger partial charge in [-0.15, -0.1) is 11.3 Å². The highest BCUT2D eigenvalue weighted by molar-refractivity contribution is 7.12. The van der Waals surface area contributed by atoms with Gasteiger partial charge in [0, 0.05) is 12.4 Å². The van der Waals surface area contributed by atoms with Crippen LogP contribution in [0.2, 0.25) is 0 Å². The van der Waals surface area contributed by atoms with Crippen LogP contribution in [0.3, 0.4) is 0 Å². The Morgan fingerprint density at radius 2 is 2.15 bits per heavy atom. The molecule has 0 aliphatic heterocycles. The summed E-state index contributed by atoms with van der Waals surface area (Å²) in [5.41, 5.74) is 3.33. The summed E-state index contributed by atoms with van der Waals surface area (Å²) in [7, 11) is 0. The molecule has 3 rings (SSSR count). The number of carbonyl (C=O) groups is 1. The van der Waals surface area contributed by atoms with E-state index in [0.717, 1.165) is 5.69 Å². The van der Waals surface area contributed by atoms with Crippen molar-refractivity contribution in [2.24, 2.45) is 5.10 Å². The lowest BCUT2D eigenvalue weighted by atomic mass is 10.3. The SMILES string of the molecule is O=C(N/N=C\c1ccco1)c1sccc1-n1cccc1. The fourth-order valence-electron chi connectivity index (χ4n) is 1.74. The Bertz CT molecular complexity index is 712. The first-order valence-electron chi connectivity index (χ1n) is 5.92. The maximum absolute atomic E-state index is 12.1. The maximum atomic E-state index is 12.1. The molecule has 0 saturated heterocycles. The molecule has 100 valence electrons. The number of thiophene rings is 1. The Morgan fingerprint density at radius 1 is 1.30 bits per heavy atom. The molecule has 0 aliphatic rings. The summed E-state index contributed by atoms with van der Waals surface area (Å²) in [5.74, 6) is 0.341. The van der Waals surface area contributed by atoms with Crippen molar-refractivity contribution in [2.75, 3.05) is 0 Å². The average Bonchev–Trinajstić information content (AvgIpc) is 3.19. The van der Waals surface area contributed by atoms with Crippen molar-refractivity contribution in [3.05, 3.63) is 65.0 Å². The van der Waals surface area contributed by atoms with Crippen molar-refractivity contribution >= 4 is 23.5 Å². The molecule has 3 aromatic heterocycles. The van der Waals surface area contributed by atoms with Crippen LogP contribution in [0.4, 0.5) is 0 Å². The van der Waals surface area contributed by atoms with Gasteiger partial charge in [-0.05, 0) is 35.7 Å². The predicted molar refractivity (Wildman–Crippen MR) is 77.4 cm³/mol. The summed E-state index contributed by atoms with van der Waals surface area (Å²) in [5, 5.41) is 5.75. The predicted octanol–water partition coefficient (Wildman–Crippen LogP) is 2.90. The second kappa shape index (κ2) is 5.58. The molecule has 0 saturated carbocycles. The minimum absolute atomic E-state index is 0.244. The number of hydrogen-bond acceptors (Lipinski definition) is 4. The second-order valence-electron chi connectivity index (χ2n) is 3.94. The van der Waals surface area contributed by atoms with Crippen molar-refractivity contribution in [2.45, 2.75) is 0 Å². The van der Waals surface area contributed by atoms with Crippen molar-refractivity contribution in [3.8, 4) is 5.69 Å². The number of aromatic nitrogens is 1. The summed E-state index contributed by atoms with van der Waals surface area (Å²) in [6.07, 6.45) is 6.79. The molecule has 3 heterocycles. The van der Waals surface area contributed by atoms with Gasteiger partial charge in [0.1, 0.15) is 10.6 Å². The standard InChI is InChI=1S/C14H11N3O2S/c18-14(16-15-10-11-4-3-8-19-11)13-12(5-9-20-13)17-6-1-2-7-17/h1-10H,(H,16,18)/b15-10-. The van der Waals surface area contributed by atoms with E-state index < -0.39 is 0 Å². The lowest BCUT2D eigenvalue weighted by Crippen LogP contribution is -2.17. The van der Waals surface area contributed by atoms with Gasteiger partial charge in [0.2, 0.25) is 0 Å². The number of hydrazone groups is 1. The summed E-state index contributed by atoms with van der Waals surface area (Å²) in [6, 6.07) is 9.23. The fourth-order valence-corrected chi connectivity index (χ4v) is 2.52. The Balaban J connectivity index is 1.74. The first-order valence-corrected chi connectivity index (χ1v) is 6.80. The molecule has 0 radical (unpaired) electrons. The van der Waals surface area contributed by atoms with Crippen LogP contribution < -0.4 is 5.43 Å². The molecule has 0 atom stereocenters. The molecule has 0 aromatic carbocycles. The number of furan rings is 1. The van der Waals surface area contributed by atoms with E-state index in [-0.39, 0.29) is 5.91 Å². The maximum Gasteiger partial charge on any atom is 0.283 e. The molecular formula is C14H11N3O2S. The van der Waals surface area contributed by atoms with Crippen LogP contribution in [0, 0.1) is 0 Å². The van der Waals surface area contributed by atoms with E-state index in [9.17, 15) is 4.79 Å². The highest BCUT2D eigenvalue weighted by Gasteiger charge is 2.13. The van der Waals surface area contributed by atoms with Crippen LogP contribution in [0.1, 0.15) is 15.4 Å². The fraction of sp³-hybridized carbons (Fsp3) is 0. The van der Waals surface area contributed by atoms with Crippen molar-refractivity contribution < 1.29 is 9.21 Å². The van der Waals surface area contributed by atoms with E-state index in [2.05, 4.69) is 10.5 Å². The summed E-state index contributed by atoms with van der Waals surface area (Å²) in [6.45, 7) is 0. The summed E-state index contributed by atoms with van der Waals surface area (Å²) < 4.78 is 6.98. The van der Waals surface area contributed by atoms with Gasteiger partial charge in [0.25, 0.3) is 5.91 Å². The van der Waals surface area contributed by atoms with Gasteiger partial charge in [-0.25, -0.2) is 5.43 Å². The molecular weight excluding hydrogens is 274 g/mol. The molecule has 5 nitrogen and oxygen atoms in total. The Hall–Kier alpha value is -2.60. The molecule has 0 unspecified atom stereocenters. The highest BCUT2D eigenvalue weighted by Crippen LogP contribution is 2.21. The van der Waals surface area contributed by atoms with Crippen LogP contribution in [0.25, 0.3) is 5.69 Å². The molecule has 6 heteroatoms. The third-order valence-electron chi connectivity index (χ3n) is 2.63. The van der Waals surface area contributed by atoms with E-state index in [1.165, 1.54) is 17.6 Å². The first-order chi connectivity index (χ1) is 9.84. The minimum atomic E-state index is -0.244. The zero-order valence-electron chi connectivity index (χ0n) is 10.4. The second-order valence-corrected chi connectivity index (χ2v) is 4.86. The molecule has 0 spiro atoms. The third kappa shape index (κ3) is 2.55. The van der Waals surface area contributed by atoms with Crippen LogP contribution in [-0.2, 0) is 0 Å². The first kappa shape index (κ1) is 12.4. The Kier molecular flexibility index (Phi) is 3.47. The number of nitrogens with one attached hydrogen (secondary N) is 1. The number of carbonyl (C=O) groups excluding carboxylic acids is 1. The van der Waals surface area contributed by atoms with Crippen molar-refractivity contribution in [1.82, 2.24) is 9.99 Å². The van der Waals surface area contributed by atoms with Gasteiger partial charge >= 0.3 is 0 Å². The van der Waals surface area contributed by atoms with Gasteiger partial charge in [-0.1, -0.05) is 0 Å². The van der Waals surface area contributed by atoms with Crippen LogP contribution in [0.5, 0.6) is 0 Å². The highest BCUT2D eigenvalue weighted by atomic mass is 32.1. The molecule has 0 aliphatic carbocycles. The van der Waals surface area contributed by atoms with Gasteiger partial charge in [0.05, 0.1) is 18.2 Å². The molecule has 1 amide bonds. The third-order valence-corrected chi connectivity index (χ3v) is 3.54. The van der Waals surface area contributed by atoms with Crippen molar-refractivity contribution in [3.63, 3.8) is 0 Å². The lowest BCUT2D eigenvalue weighted by molar-refractivity contribution is 0.0959. The molecule has 1 N–H and O–H groups in total. The summed E-state index contributed by atoms with van der Waals surface area (Å²) in [4.78, 5) is 12.7. The largest absolute Gasteiger partial charge is 0.463 e. The quantitative estimate of drug-likeness (QED) is 0.592. The van der Waals surface area contributed by atoms with Gasteiger partial charge in [-0.3, -0.25) is 4.79 Å². The molecule has 0 fully saturated rings. The van der Waals surface area contributed by atoms with E-state index in [4.69, 9.17) is 4.42 Å². The number of rotatable bonds is 4. The van der Waals surface area contributed by atoms with E-state index in [0.29, 0.717) is 10.6 Å². The number of nitrogens with zero attached hydrogens (tertiary/aromatic N) is 2. The van der Waals surface area contributed by atoms with E-state index in [1.807, 2.05) is 40.5 Å². The zero-order chi connectivity index (χ0) is 13.8. The molecule has 0 bridgehead atoms. The zero-order valence-corrected chi connectivity index (χ0v) is 11.2. The number of hydrogen-bond donors (Lipinski definition) is 1. The lowest BCUT2D eigenvalue weighted by Gasteiger charge is -2.03. The summed E-state index contributed by atoms with van der Waals surface area (Å²) >= 11 is 1.37. The Morgan fingerprint density at radius 3 is 2.90 bits per heavy atom. The van der Waals surface area contributed by atoms with E-state index >= 15 is 0 Å². The van der Waals surface area contributed by atoms with E-state index in [1.54, 1.807) is 18.4 Å². The van der Waals surface area contributed by atoms with Gasteiger partial charge in [-0.2, -0.15) is 5.10 Å². The van der Waals surface area contributed by atoms with Crippen LogP contribution in [0.15, 0.2) is 63.9 Å². The monoisotopic (exact) mass is 285 g/mol. The Labute approximate surface area is 119 Å². The van der Waals surface area contributed by atoms with Crippen LogP contribution >= 0.6 is 11.3 Å². The van der Waals surface area contributed by atoms with Crippen molar-refractivity contribution in [1.29, 1.82) is 0 Å².